The van der Waals surface area contributed by atoms with Crippen LogP contribution in [0.3, 0.4) is 0 Å². The molecule has 1 saturated heterocycles. The van der Waals surface area contributed by atoms with Crippen LogP contribution in [0, 0.1) is 18.3 Å². The molecular formula is C57H84N5O8P. The van der Waals surface area contributed by atoms with Crippen LogP contribution in [0.2, 0.25) is 0 Å². The molecular weight excluding hydrogens is 914 g/mol. The summed E-state index contributed by atoms with van der Waals surface area (Å²) < 4.78 is 36.8. The molecule has 1 aliphatic heterocycles. The second kappa shape index (κ2) is 29.4. The van der Waals surface area contributed by atoms with Crippen molar-refractivity contribution in [1.29, 1.82) is 5.26 Å². The maximum Gasteiger partial charge on any atom is 0.330 e. The zero-order valence-electron chi connectivity index (χ0n) is 44.1. The van der Waals surface area contributed by atoms with Crippen molar-refractivity contribution in [3.05, 3.63) is 128 Å². The lowest BCUT2D eigenvalue weighted by Crippen LogP contribution is -2.60. The number of H-pyrrole nitrogens is 1. The SMILES string of the molecule is CCCCCCCCCCCCCCCCN1C[C@H](n2cc(C)c(=O)[nH]c2=O)O[C@](COP(C(O)CC#N)N(C(C)C)C(C)C)(COC(c2ccccc2)(c2ccc(OC)cc2)c2ccc(OC)cc2)C1. The van der Waals surface area contributed by atoms with Crippen LogP contribution in [-0.4, -0.2) is 94.8 Å². The molecule has 2 unspecified atom stereocenters. The number of unbranched alkanes of at least 4 members (excludes halogenated alkanes) is 13. The molecule has 0 bridgehead atoms. The van der Waals surface area contributed by atoms with E-state index in [1.807, 2.05) is 78.9 Å². The van der Waals surface area contributed by atoms with Gasteiger partial charge in [-0.2, -0.15) is 5.26 Å². The quantitative estimate of drug-likeness (QED) is 0.0273. The summed E-state index contributed by atoms with van der Waals surface area (Å²) in [7, 11) is 1.51. The van der Waals surface area contributed by atoms with E-state index in [-0.39, 0.29) is 31.7 Å². The Balaban J connectivity index is 1.55. The number of nitrogens with zero attached hydrogens (tertiary/aromatic N) is 4. The van der Waals surface area contributed by atoms with Crippen LogP contribution in [0.25, 0.3) is 0 Å². The molecule has 4 aromatic rings. The van der Waals surface area contributed by atoms with Crippen molar-refractivity contribution in [1.82, 2.24) is 19.1 Å². The van der Waals surface area contributed by atoms with Gasteiger partial charge in [-0.15, -0.1) is 0 Å². The second-order valence-electron chi connectivity index (χ2n) is 19.8. The first-order valence-electron chi connectivity index (χ1n) is 26.3. The molecule has 14 heteroatoms. The van der Waals surface area contributed by atoms with Crippen LogP contribution in [0.4, 0.5) is 0 Å². The van der Waals surface area contributed by atoms with E-state index in [9.17, 15) is 20.0 Å². The Morgan fingerprint density at radius 2 is 1.30 bits per heavy atom. The third kappa shape index (κ3) is 16.3. The summed E-state index contributed by atoms with van der Waals surface area (Å²) in [5.41, 5.74) is -0.606. The Kier molecular flexibility index (Phi) is 23.8. The van der Waals surface area contributed by atoms with Gasteiger partial charge in [0, 0.05) is 36.9 Å². The number of hydrogen-bond acceptors (Lipinski definition) is 11. The van der Waals surface area contributed by atoms with Gasteiger partial charge in [0.2, 0.25) is 0 Å². The topological polar surface area (TPSA) is 152 Å². The van der Waals surface area contributed by atoms with E-state index >= 15 is 0 Å². The average Bonchev–Trinajstić information content (AvgIpc) is 3.37. The largest absolute Gasteiger partial charge is 0.497 e. The average molecular weight is 998 g/mol. The van der Waals surface area contributed by atoms with Gasteiger partial charge in [-0.1, -0.05) is 145 Å². The van der Waals surface area contributed by atoms with Crippen molar-refractivity contribution in [2.45, 2.75) is 173 Å². The lowest BCUT2D eigenvalue weighted by Gasteiger charge is -2.49. The highest BCUT2D eigenvalue weighted by molar-refractivity contribution is 7.50. The lowest BCUT2D eigenvalue weighted by molar-refractivity contribution is -0.227. The number of aromatic nitrogens is 2. The second-order valence-corrected chi connectivity index (χ2v) is 21.8. The van der Waals surface area contributed by atoms with Crippen molar-refractivity contribution in [2.75, 3.05) is 47.1 Å². The van der Waals surface area contributed by atoms with Crippen LogP contribution >= 0.6 is 8.30 Å². The monoisotopic (exact) mass is 998 g/mol. The molecule has 13 nitrogen and oxygen atoms in total. The first kappa shape index (κ1) is 57.5. The minimum atomic E-state index is -1.77. The van der Waals surface area contributed by atoms with Crippen molar-refractivity contribution in [3.8, 4) is 17.6 Å². The van der Waals surface area contributed by atoms with Crippen LogP contribution < -0.4 is 20.7 Å². The number of aromatic amines is 1. The number of aliphatic hydroxyl groups excluding tert-OH is 1. The normalized spacial score (nSPS) is 17.4. The van der Waals surface area contributed by atoms with E-state index in [4.69, 9.17) is 23.5 Å². The fraction of sp³-hybridized carbons (Fsp3) is 0.596. The minimum Gasteiger partial charge on any atom is -0.497 e. The number of nitrogens with one attached hydrogen (secondary N) is 1. The van der Waals surface area contributed by atoms with E-state index in [1.54, 1.807) is 27.3 Å². The summed E-state index contributed by atoms with van der Waals surface area (Å²) in [6, 6.07) is 27.9. The van der Waals surface area contributed by atoms with Gasteiger partial charge in [-0.3, -0.25) is 23.9 Å². The number of benzene rings is 3. The molecule has 0 radical (unpaired) electrons. The van der Waals surface area contributed by atoms with Crippen molar-refractivity contribution >= 4 is 8.30 Å². The van der Waals surface area contributed by atoms with Crippen molar-refractivity contribution in [2.24, 2.45) is 0 Å². The molecule has 5 rings (SSSR count). The highest BCUT2D eigenvalue weighted by Crippen LogP contribution is 2.51. The molecule has 1 aromatic heterocycles. The summed E-state index contributed by atoms with van der Waals surface area (Å²) in [6.45, 7) is 13.6. The maximum absolute atomic E-state index is 13.8. The van der Waals surface area contributed by atoms with Crippen molar-refractivity contribution in [3.63, 3.8) is 0 Å². The number of morpholine rings is 1. The standard InChI is InChI=1S/C57H84N5O8P/c1-9-10-11-12-13-14-15-16-17-18-19-20-21-25-38-60-40-52(61-39-46(6)54(64)59-55(61)65)70-56(41-60,43-69-71(53(63)36-37-58)62(44(2)3)45(4)5)42-68-57(47-26-23-22-24-27-47,48-28-32-50(66-7)33-29-48)49-30-34-51(67-8)35-31-49/h22-24,26-35,39,44-45,52-53,63H,9-21,25,36,38,40-43H2,1-8H3,(H,59,64,65)/t52-,53?,56+,71?/m1/s1. The summed E-state index contributed by atoms with van der Waals surface area (Å²) in [6.07, 6.45) is 18.2. The molecule has 0 amide bonds. The molecule has 1 aliphatic rings. The number of aliphatic hydroxyl groups is 1. The fourth-order valence-corrected chi connectivity index (χ4v) is 12.0. The Labute approximate surface area is 425 Å². The van der Waals surface area contributed by atoms with Gasteiger partial charge in [-0.05, 0) is 88.5 Å². The van der Waals surface area contributed by atoms with Crippen LogP contribution in [0.15, 0.2) is 94.6 Å². The van der Waals surface area contributed by atoms with Crippen LogP contribution in [0.1, 0.15) is 159 Å². The number of nitriles is 1. The summed E-state index contributed by atoms with van der Waals surface area (Å²) in [4.78, 5) is 31.4. The maximum atomic E-state index is 13.8. The zero-order chi connectivity index (χ0) is 51.2. The Bertz CT molecular complexity index is 2250. The van der Waals surface area contributed by atoms with E-state index in [2.05, 4.69) is 55.2 Å². The van der Waals surface area contributed by atoms with Gasteiger partial charge in [0.1, 0.15) is 36.8 Å². The highest BCUT2D eigenvalue weighted by Gasteiger charge is 2.48. The van der Waals surface area contributed by atoms with Gasteiger partial charge in [0.15, 0.2) is 6.23 Å². The Hall–Kier alpha value is -4.38. The molecule has 2 N–H and O–H groups in total. The smallest absolute Gasteiger partial charge is 0.330 e. The van der Waals surface area contributed by atoms with Gasteiger partial charge in [-0.25, -0.2) is 4.79 Å². The number of rotatable bonds is 32. The number of hydrogen-bond donors (Lipinski definition) is 2. The molecule has 0 spiro atoms. The van der Waals surface area contributed by atoms with Crippen molar-refractivity contribution < 1.29 is 28.6 Å². The van der Waals surface area contributed by atoms with Crippen LogP contribution in [0.5, 0.6) is 11.5 Å². The molecule has 0 saturated carbocycles. The molecule has 0 aliphatic carbocycles. The van der Waals surface area contributed by atoms with E-state index in [1.165, 1.54) is 75.2 Å². The lowest BCUT2D eigenvalue weighted by atomic mass is 9.79. The van der Waals surface area contributed by atoms with E-state index < -0.39 is 42.8 Å². The molecule has 390 valence electrons. The van der Waals surface area contributed by atoms with E-state index in [0.717, 1.165) is 42.5 Å². The zero-order valence-corrected chi connectivity index (χ0v) is 45.0. The fourth-order valence-electron chi connectivity index (χ4n) is 9.92. The van der Waals surface area contributed by atoms with Crippen LogP contribution in [-0.2, 0) is 19.6 Å². The number of aryl methyl sites for hydroxylation is 1. The first-order chi connectivity index (χ1) is 34.3. The van der Waals surface area contributed by atoms with Gasteiger partial charge in [0.05, 0.1) is 39.9 Å². The summed E-state index contributed by atoms with van der Waals surface area (Å²) in [5, 5.41) is 21.6. The Morgan fingerprint density at radius 1 is 0.789 bits per heavy atom. The summed E-state index contributed by atoms with van der Waals surface area (Å²) in [5.74, 6) is 0.313. The molecule has 3 aromatic carbocycles. The first-order valence-corrected chi connectivity index (χ1v) is 27.6. The molecule has 1 fully saturated rings. The van der Waals surface area contributed by atoms with Gasteiger partial charge >= 0.3 is 5.69 Å². The third-order valence-electron chi connectivity index (χ3n) is 13.6. The number of ether oxygens (including phenoxy) is 4. The van der Waals surface area contributed by atoms with Gasteiger partial charge < -0.3 is 28.6 Å². The summed E-state index contributed by atoms with van der Waals surface area (Å²) >= 11 is 0. The minimum absolute atomic E-state index is 0.0166. The highest BCUT2D eigenvalue weighted by atomic mass is 31.2. The molecule has 4 atom stereocenters. The third-order valence-corrected chi connectivity index (χ3v) is 16.1. The predicted molar refractivity (Wildman–Crippen MR) is 285 cm³/mol. The van der Waals surface area contributed by atoms with E-state index in [0.29, 0.717) is 30.2 Å². The van der Waals surface area contributed by atoms with Gasteiger partial charge in [0.25, 0.3) is 5.56 Å². The predicted octanol–water partition coefficient (Wildman–Crippen LogP) is 11.6. The number of methoxy groups -OCH3 is 2. The molecule has 71 heavy (non-hydrogen) atoms. The Morgan fingerprint density at radius 3 is 1.79 bits per heavy atom. The molecule has 2 heterocycles.